The van der Waals surface area contributed by atoms with Crippen molar-refractivity contribution in [3.05, 3.63) is 108 Å². The van der Waals surface area contributed by atoms with Gasteiger partial charge in [0.25, 0.3) is 10.0 Å². The highest BCUT2D eigenvalue weighted by Crippen LogP contribution is 2.58. The molecular formula is C27H25N3O4S. The first kappa shape index (κ1) is 22.9. The number of rotatable bonds is 6. The Labute approximate surface area is 205 Å². The second-order valence-electron chi connectivity index (χ2n) is 8.45. The monoisotopic (exact) mass is 487 g/mol. The quantitative estimate of drug-likeness (QED) is 0.474. The van der Waals surface area contributed by atoms with Crippen molar-refractivity contribution in [2.24, 2.45) is 10.4 Å². The summed E-state index contributed by atoms with van der Waals surface area (Å²) in [5.74, 6) is -0.528. The first-order chi connectivity index (χ1) is 16.9. The highest BCUT2D eigenvalue weighted by atomic mass is 32.2. The highest BCUT2D eigenvalue weighted by molar-refractivity contribution is 7.89. The Hall–Kier alpha value is -3.91. The summed E-state index contributed by atoms with van der Waals surface area (Å²) in [6.07, 6.45) is 1.67. The lowest BCUT2D eigenvalue weighted by Crippen LogP contribution is -2.43. The Morgan fingerprint density at radius 2 is 1.63 bits per heavy atom. The zero-order valence-corrected chi connectivity index (χ0v) is 20.1. The Bertz CT molecular complexity index is 1410. The van der Waals surface area contributed by atoms with E-state index in [4.69, 9.17) is 4.74 Å². The number of hydrogen-bond donors (Lipinski definition) is 0. The average Bonchev–Trinajstić information content (AvgIpc) is 3.14. The summed E-state index contributed by atoms with van der Waals surface area (Å²) in [5, 5.41) is 1.51. The molecule has 0 aromatic heterocycles. The molecule has 3 aromatic carbocycles. The van der Waals surface area contributed by atoms with Gasteiger partial charge < -0.3 is 4.74 Å². The van der Waals surface area contributed by atoms with Crippen molar-refractivity contribution in [3.8, 4) is 0 Å². The number of fused-ring (bicyclic) bond motifs is 3. The van der Waals surface area contributed by atoms with E-state index in [1.165, 1.54) is 23.5 Å². The Balaban J connectivity index is 1.77. The number of ether oxygens (including phenoxy) is 1. The maximum absolute atomic E-state index is 13.9. The third-order valence-electron chi connectivity index (χ3n) is 6.47. The average molecular weight is 488 g/mol. The van der Waals surface area contributed by atoms with E-state index in [2.05, 4.69) is 11.6 Å². The first-order valence-electron chi connectivity index (χ1n) is 11.3. The molecule has 0 saturated carbocycles. The number of benzene rings is 3. The largest absolute Gasteiger partial charge is 0.465 e. The SMILES string of the molecule is C=C1N(S(=O)(=O)c2ccccc2)N2C=Nc3ccccc3[C@@H]2[C@]1(Cc1ccccc1)C(=O)OCC. The maximum atomic E-state index is 13.9. The summed E-state index contributed by atoms with van der Waals surface area (Å²) in [5.41, 5.74) is 0.965. The van der Waals surface area contributed by atoms with Crippen LogP contribution < -0.4 is 0 Å². The molecule has 178 valence electrons. The molecule has 0 unspecified atom stereocenters. The predicted molar refractivity (Wildman–Crippen MR) is 133 cm³/mol. The van der Waals surface area contributed by atoms with E-state index in [1.54, 1.807) is 25.1 Å². The van der Waals surface area contributed by atoms with Gasteiger partial charge in [-0.3, -0.25) is 9.80 Å². The van der Waals surface area contributed by atoms with Gasteiger partial charge in [-0.1, -0.05) is 73.3 Å². The highest BCUT2D eigenvalue weighted by Gasteiger charge is 2.64. The van der Waals surface area contributed by atoms with Gasteiger partial charge in [-0.05, 0) is 37.1 Å². The number of aliphatic imine (C=N–C) groups is 1. The molecular weight excluding hydrogens is 462 g/mol. The van der Waals surface area contributed by atoms with Crippen LogP contribution in [0.4, 0.5) is 5.69 Å². The Morgan fingerprint density at radius 1 is 1.00 bits per heavy atom. The standard InChI is InChI=1S/C27H25N3O4S/c1-3-34-26(31)27(18-21-12-6-4-7-13-21)20(2)30(35(32,33)22-14-8-5-9-15-22)29-19-28-24-17-11-10-16-23(24)25(27)29/h4-17,19,25H,2-3,18H2,1H3/t25-,27-/m1/s1. The maximum Gasteiger partial charge on any atom is 0.321 e. The van der Waals surface area contributed by atoms with Crippen molar-refractivity contribution < 1.29 is 17.9 Å². The molecule has 1 saturated heterocycles. The van der Waals surface area contributed by atoms with Crippen LogP contribution in [0.2, 0.25) is 0 Å². The molecule has 5 rings (SSSR count). The van der Waals surface area contributed by atoms with Crippen molar-refractivity contribution in [2.45, 2.75) is 24.3 Å². The van der Waals surface area contributed by atoms with Gasteiger partial charge in [0.2, 0.25) is 0 Å². The molecule has 2 aliphatic heterocycles. The fraction of sp³-hybridized carbons (Fsp3) is 0.185. The van der Waals surface area contributed by atoms with Gasteiger partial charge >= 0.3 is 5.97 Å². The molecule has 3 aromatic rings. The molecule has 0 N–H and O–H groups in total. The Kier molecular flexibility index (Phi) is 5.68. The minimum absolute atomic E-state index is 0.0894. The van der Waals surface area contributed by atoms with E-state index in [1.807, 2.05) is 54.6 Å². The van der Waals surface area contributed by atoms with Crippen LogP contribution in [0.15, 0.2) is 107 Å². The van der Waals surface area contributed by atoms with Crippen molar-refractivity contribution >= 4 is 28.0 Å². The second kappa shape index (κ2) is 8.70. The number of sulfonamides is 1. The fourth-order valence-electron chi connectivity index (χ4n) is 4.92. The van der Waals surface area contributed by atoms with Crippen LogP contribution in [0.1, 0.15) is 24.1 Å². The van der Waals surface area contributed by atoms with E-state index < -0.39 is 27.4 Å². The lowest BCUT2D eigenvalue weighted by atomic mass is 9.71. The third kappa shape index (κ3) is 3.52. The van der Waals surface area contributed by atoms with Gasteiger partial charge in [0.15, 0.2) is 0 Å². The molecule has 0 spiro atoms. The summed E-state index contributed by atoms with van der Waals surface area (Å²) in [4.78, 5) is 18.5. The topological polar surface area (TPSA) is 79.3 Å². The van der Waals surface area contributed by atoms with Crippen LogP contribution in [-0.2, 0) is 26.0 Å². The van der Waals surface area contributed by atoms with Crippen molar-refractivity contribution in [3.63, 3.8) is 0 Å². The molecule has 1 fully saturated rings. The van der Waals surface area contributed by atoms with Crippen LogP contribution in [-0.4, -0.2) is 36.8 Å². The van der Waals surface area contributed by atoms with Crippen LogP contribution >= 0.6 is 0 Å². The van der Waals surface area contributed by atoms with E-state index in [0.29, 0.717) is 5.69 Å². The van der Waals surface area contributed by atoms with E-state index in [0.717, 1.165) is 15.5 Å². The van der Waals surface area contributed by atoms with Crippen molar-refractivity contribution in [1.29, 1.82) is 0 Å². The molecule has 0 aliphatic carbocycles. The number of carbonyl (C=O) groups excluding carboxylic acids is 1. The summed E-state index contributed by atoms with van der Waals surface area (Å²) in [7, 11) is -4.11. The minimum Gasteiger partial charge on any atom is -0.465 e. The van der Waals surface area contributed by atoms with Crippen molar-refractivity contribution in [1.82, 2.24) is 9.42 Å². The van der Waals surface area contributed by atoms with Crippen LogP contribution in [0.25, 0.3) is 0 Å². The van der Waals surface area contributed by atoms with Gasteiger partial charge in [-0.15, -0.1) is 0 Å². The first-order valence-corrected chi connectivity index (χ1v) is 12.8. The minimum atomic E-state index is -4.11. The zero-order valence-electron chi connectivity index (χ0n) is 19.2. The molecule has 0 amide bonds. The summed E-state index contributed by atoms with van der Waals surface area (Å²) in [6.45, 7) is 6.10. The van der Waals surface area contributed by atoms with Gasteiger partial charge in [0.05, 0.1) is 22.9 Å². The van der Waals surface area contributed by atoms with E-state index >= 15 is 0 Å². The van der Waals surface area contributed by atoms with Crippen molar-refractivity contribution in [2.75, 3.05) is 6.61 Å². The van der Waals surface area contributed by atoms with Gasteiger partial charge in [-0.25, -0.2) is 4.99 Å². The molecule has 2 heterocycles. The molecule has 2 atom stereocenters. The number of para-hydroxylation sites is 1. The molecule has 7 nitrogen and oxygen atoms in total. The lowest BCUT2D eigenvalue weighted by molar-refractivity contribution is -0.154. The van der Waals surface area contributed by atoms with Gasteiger partial charge in [-0.2, -0.15) is 12.8 Å². The number of nitrogens with zero attached hydrogens (tertiary/aromatic N) is 3. The Morgan fingerprint density at radius 3 is 2.31 bits per heavy atom. The molecule has 8 heteroatoms. The van der Waals surface area contributed by atoms with Crippen LogP contribution in [0.5, 0.6) is 0 Å². The summed E-state index contributed by atoms with van der Waals surface area (Å²) < 4.78 is 34.6. The van der Waals surface area contributed by atoms with E-state index in [9.17, 15) is 13.2 Å². The van der Waals surface area contributed by atoms with Gasteiger partial charge in [0.1, 0.15) is 17.8 Å². The number of carbonyl (C=O) groups is 1. The molecule has 0 radical (unpaired) electrons. The lowest BCUT2D eigenvalue weighted by Gasteiger charge is -2.36. The zero-order chi connectivity index (χ0) is 24.6. The van der Waals surface area contributed by atoms with Crippen LogP contribution in [0, 0.1) is 5.41 Å². The molecule has 0 bridgehead atoms. The van der Waals surface area contributed by atoms with Crippen LogP contribution in [0.3, 0.4) is 0 Å². The molecule has 35 heavy (non-hydrogen) atoms. The summed E-state index contributed by atoms with van der Waals surface area (Å²) >= 11 is 0. The third-order valence-corrected chi connectivity index (χ3v) is 8.20. The predicted octanol–water partition coefficient (Wildman–Crippen LogP) is 4.63. The number of esters is 1. The molecule has 2 aliphatic rings. The van der Waals surface area contributed by atoms with Gasteiger partial charge in [0, 0.05) is 5.56 Å². The summed E-state index contributed by atoms with van der Waals surface area (Å²) in [6, 6.07) is 24.3. The smallest absolute Gasteiger partial charge is 0.321 e. The normalized spacial score (nSPS) is 20.9. The number of hydrazine groups is 1. The van der Waals surface area contributed by atoms with E-state index in [-0.39, 0.29) is 23.6 Å². The second-order valence-corrected chi connectivity index (χ2v) is 10.2. The fourth-order valence-corrected chi connectivity index (χ4v) is 6.46. The number of hydrogen-bond acceptors (Lipinski definition) is 6.